The minimum absolute atomic E-state index is 0.102. The topological polar surface area (TPSA) is 82.8 Å². The van der Waals surface area contributed by atoms with E-state index in [-0.39, 0.29) is 10.7 Å². The van der Waals surface area contributed by atoms with Crippen LogP contribution in [0.1, 0.15) is 18.4 Å². The highest BCUT2D eigenvalue weighted by Crippen LogP contribution is 2.27. The van der Waals surface area contributed by atoms with Gasteiger partial charge in [-0.1, -0.05) is 17.7 Å². The van der Waals surface area contributed by atoms with Crippen molar-refractivity contribution in [1.29, 1.82) is 0 Å². The number of benzene rings is 1. The molecule has 0 saturated carbocycles. The molecule has 3 aliphatic rings. The molecule has 0 aliphatic carbocycles. The van der Waals surface area contributed by atoms with Gasteiger partial charge in [0.2, 0.25) is 0 Å². The zero-order valence-electron chi connectivity index (χ0n) is 12.9. The zero-order valence-corrected chi connectivity index (χ0v) is 14.5. The van der Waals surface area contributed by atoms with E-state index in [1.807, 2.05) is 0 Å². The number of piperidine rings is 3. The first kappa shape index (κ1) is 17.1. The lowest BCUT2D eigenvalue weighted by Crippen LogP contribution is -2.58. The molecule has 128 valence electrons. The number of hydrazone groups is 1. The van der Waals surface area contributed by atoms with E-state index in [9.17, 15) is 10.1 Å². The van der Waals surface area contributed by atoms with Crippen LogP contribution in [0.15, 0.2) is 23.3 Å². The van der Waals surface area contributed by atoms with Gasteiger partial charge >= 0.3 is 0 Å². The predicted octanol–water partition coefficient (Wildman–Crippen LogP) is 2.14. The van der Waals surface area contributed by atoms with Crippen molar-refractivity contribution in [3.63, 3.8) is 0 Å². The molecule has 0 amide bonds. The van der Waals surface area contributed by atoms with Gasteiger partial charge in [-0.2, -0.15) is 5.10 Å². The smallest absolute Gasteiger partial charge is 0.288 e. The van der Waals surface area contributed by atoms with E-state index in [2.05, 4.69) is 20.7 Å². The summed E-state index contributed by atoms with van der Waals surface area (Å²) in [6, 6.07) is 4.87. The van der Waals surface area contributed by atoms with Crippen LogP contribution in [0.25, 0.3) is 0 Å². The van der Waals surface area contributed by atoms with E-state index in [0.717, 1.165) is 6.54 Å². The fraction of sp³-hybridized carbons (Fsp3) is 0.467. The van der Waals surface area contributed by atoms with Gasteiger partial charge in [0.05, 0.1) is 11.1 Å². The van der Waals surface area contributed by atoms with Gasteiger partial charge in [0.1, 0.15) is 5.02 Å². The summed E-state index contributed by atoms with van der Waals surface area (Å²) in [7, 11) is 0. The maximum atomic E-state index is 10.9. The average molecular weight is 368 g/mol. The molecule has 2 bridgehead atoms. The largest absolute Gasteiger partial charge is 0.357 e. The minimum atomic E-state index is -0.521. The quantitative estimate of drug-likeness (QED) is 0.367. The Labute approximate surface area is 150 Å². The predicted molar refractivity (Wildman–Crippen MR) is 97.5 cm³/mol. The van der Waals surface area contributed by atoms with Crippen molar-refractivity contribution in [1.82, 2.24) is 15.6 Å². The number of nitrogens with zero attached hydrogens (tertiary/aromatic N) is 3. The van der Waals surface area contributed by atoms with E-state index in [1.165, 1.54) is 44.3 Å². The summed E-state index contributed by atoms with van der Waals surface area (Å²) in [6.07, 6.45) is 3.89. The van der Waals surface area contributed by atoms with Crippen molar-refractivity contribution < 1.29 is 4.92 Å². The van der Waals surface area contributed by atoms with Gasteiger partial charge < -0.3 is 10.2 Å². The Morgan fingerprint density at radius 2 is 2.21 bits per heavy atom. The van der Waals surface area contributed by atoms with Crippen LogP contribution in [0.3, 0.4) is 0 Å². The summed E-state index contributed by atoms with van der Waals surface area (Å²) < 4.78 is 0. The third kappa shape index (κ3) is 4.00. The van der Waals surface area contributed by atoms with Crippen LogP contribution in [0, 0.1) is 16.0 Å². The molecule has 1 aromatic rings. The molecule has 7 nitrogen and oxygen atoms in total. The summed E-state index contributed by atoms with van der Waals surface area (Å²) in [4.78, 5) is 12.8. The van der Waals surface area contributed by atoms with E-state index in [4.69, 9.17) is 23.8 Å². The molecule has 24 heavy (non-hydrogen) atoms. The Balaban J connectivity index is 1.53. The molecule has 1 atom stereocenters. The highest BCUT2D eigenvalue weighted by molar-refractivity contribution is 7.80. The molecule has 9 heteroatoms. The molecule has 0 radical (unpaired) electrons. The standard InChI is InChI=1S/C15H18ClN5O2S/c16-12-2-1-10(7-14(12)21(22)23)8-17-19-15(24)18-13-9-20-5-3-11(13)4-6-20/h1-2,7-8,11,13H,3-6,9H2,(H2,18,19,24)/b17-8-/t13-/m0/s1. The molecule has 4 rings (SSSR count). The van der Waals surface area contributed by atoms with Crippen molar-refractivity contribution in [2.75, 3.05) is 19.6 Å². The van der Waals surface area contributed by atoms with E-state index in [1.54, 1.807) is 6.07 Å². The third-order valence-electron chi connectivity index (χ3n) is 4.52. The molecule has 3 heterocycles. The van der Waals surface area contributed by atoms with Crippen molar-refractivity contribution in [3.05, 3.63) is 38.9 Å². The number of halogens is 1. The molecular weight excluding hydrogens is 350 g/mol. The summed E-state index contributed by atoms with van der Waals surface area (Å²) in [5, 5.41) is 18.8. The van der Waals surface area contributed by atoms with Crippen LogP contribution in [0.5, 0.6) is 0 Å². The second kappa shape index (κ2) is 7.42. The van der Waals surface area contributed by atoms with Gasteiger partial charge in [0, 0.05) is 24.2 Å². The lowest BCUT2D eigenvalue weighted by Gasteiger charge is -2.45. The van der Waals surface area contributed by atoms with Gasteiger partial charge in [-0.25, -0.2) is 0 Å². The van der Waals surface area contributed by atoms with Gasteiger partial charge in [0.15, 0.2) is 5.11 Å². The lowest BCUT2D eigenvalue weighted by atomic mass is 9.84. The number of hydrogen-bond donors (Lipinski definition) is 2. The van der Waals surface area contributed by atoms with Gasteiger partial charge in [-0.05, 0) is 50.1 Å². The van der Waals surface area contributed by atoms with Crippen LogP contribution in [0.4, 0.5) is 5.69 Å². The summed E-state index contributed by atoms with van der Waals surface area (Å²) in [5.41, 5.74) is 3.20. The second-order valence-electron chi connectivity index (χ2n) is 6.06. The Bertz CT molecular complexity index is 676. The fourth-order valence-electron chi connectivity index (χ4n) is 3.24. The van der Waals surface area contributed by atoms with Crippen LogP contribution < -0.4 is 10.7 Å². The Kier molecular flexibility index (Phi) is 5.27. The molecule has 0 aromatic heterocycles. The number of nitro benzene ring substituents is 1. The van der Waals surface area contributed by atoms with Gasteiger partial charge in [-0.3, -0.25) is 15.5 Å². The maximum absolute atomic E-state index is 10.9. The van der Waals surface area contributed by atoms with E-state index >= 15 is 0 Å². The number of rotatable bonds is 4. The highest BCUT2D eigenvalue weighted by Gasteiger charge is 2.34. The molecule has 3 saturated heterocycles. The molecule has 3 aliphatic heterocycles. The van der Waals surface area contributed by atoms with E-state index in [0.29, 0.717) is 22.6 Å². The van der Waals surface area contributed by atoms with Gasteiger partial charge in [0.25, 0.3) is 5.69 Å². The first-order valence-corrected chi connectivity index (χ1v) is 8.57. The molecule has 0 spiro atoms. The average Bonchev–Trinajstić information content (AvgIpc) is 2.57. The molecule has 0 unspecified atom stereocenters. The molecule has 1 aromatic carbocycles. The number of thiocarbonyl (C=S) groups is 1. The second-order valence-corrected chi connectivity index (χ2v) is 6.87. The van der Waals surface area contributed by atoms with Crippen LogP contribution in [-0.4, -0.2) is 46.8 Å². The lowest BCUT2D eigenvalue weighted by molar-refractivity contribution is -0.384. The SMILES string of the molecule is O=[N+]([O-])c1cc(/C=N\NC(=S)N[C@H]2CN3CCC2CC3)ccc1Cl. The number of hydrogen-bond acceptors (Lipinski definition) is 5. The Morgan fingerprint density at radius 1 is 1.46 bits per heavy atom. The first-order chi connectivity index (χ1) is 11.5. The summed E-state index contributed by atoms with van der Waals surface area (Å²) in [6.45, 7) is 3.37. The molecular formula is C15H18ClN5O2S. The van der Waals surface area contributed by atoms with Crippen LogP contribution in [0.2, 0.25) is 5.02 Å². The summed E-state index contributed by atoms with van der Waals surface area (Å²) >= 11 is 11.0. The van der Waals surface area contributed by atoms with Crippen molar-refractivity contribution in [3.8, 4) is 0 Å². The summed E-state index contributed by atoms with van der Waals surface area (Å²) in [5.74, 6) is 0.664. The Hall–Kier alpha value is -1.77. The maximum Gasteiger partial charge on any atom is 0.288 e. The number of nitrogens with one attached hydrogen (secondary N) is 2. The zero-order chi connectivity index (χ0) is 17.1. The first-order valence-electron chi connectivity index (χ1n) is 7.79. The fourth-order valence-corrected chi connectivity index (χ4v) is 3.64. The van der Waals surface area contributed by atoms with Crippen molar-refractivity contribution >= 4 is 40.8 Å². The van der Waals surface area contributed by atoms with Crippen molar-refractivity contribution in [2.24, 2.45) is 11.0 Å². The van der Waals surface area contributed by atoms with Crippen LogP contribution in [-0.2, 0) is 0 Å². The number of fused-ring (bicyclic) bond motifs is 3. The Morgan fingerprint density at radius 3 is 2.83 bits per heavy atom. The van der Waals surface area contributed by atoms with Gasteiger partial charge in [-0.15, -0.1) is 0 Å². The monoisotopic (exact) mass is 367 g/mol. The molecule has 2 N–H and O–H groups in total. The molecule has 3 fully saturated rings. The van der Waals surface area contributed by atoms with E-state index < -0.39 is 4.92 Å². The number of nitro groups is 1. The highest BCUT2D eigenvalue weighted by atomic mass is 35.5. The third-order valence-corrected chi connectivity index (χ3v) is 5.05. The van der Waals surface area contributed by atoms with Crippen molar-refractivity contribution in [2.45, 2.75) is 18.9 Å². The van der Waals surface area contributed by atoms with Crippen LogP contribution >= 0.6 is 23.8 Å². The normalized spacial score (nSPS) is 25.6. The minimum Gasteiger partial charge on any atom is -0.357 e.